The van der Waals surface area contributed by atoms with Gasteiger partial charge in [-0.3, -0.25) is 4.40 Å². The van der Waals surface area contributed by atoms with Crippen LogP contribution in [0, 0.1) is 6.92 Å². The van der Waals surface area contributed by atoms with Crippen LogP contribution < -0.4 is 5.73 Å². The van der Waals surface area contributed by atoms with E-state index >= 15 is 0 Å². The molecule has 82 valence electrons. The fourth-order valence-corrected chi connectivity index (χ4v) is 2.57. The minimum absolute atomic E-state index is 0.438. The maximum Gasteiger partial charge on any atom is 0.194 e. The third-order valence-corrected chi connectivity index (χ3v) is 3.53. The van der Waals surface area contributed by atoms with Gasteiger partial charge in [0.1, 0.15) is 5.60 Å². The summed E-state index contributed by atoms with van der Waals surface area (Å²) in [6.07, 6.45) is 2.00. The molecule has 0 fully saturated rings. The summed E-state index contributed by atoms with van der Waals surface area (Å²) < 4.78 is 7.56. The summed E-state index contributed by atoms with van der Waals surface area (Å²) in [4.78, 5) is 5.47. The van der Waals surface area contributed by atoms with E-state index in [1.807, 2.05) is 25.4 Å². The molecule has 0 bridgehead atoms. The average molecular weight is 225 g/mol. The van der Waals surface area contributed by atoms with Gasteiger partial charge in [-0.15, -0.1) is 11.3 Å². The largest absolute Gasteiger partial charge is 0.371 e. The molecule has 2 heterocycles. The molecule has 0 aliphatic rings. The van der Waals surface area contributed by atoms with E-state index in [0.717, 1.165) is 16.3 Å². The number of methoxy groups -OCH3 is 1. The Morgan fingerprint density at radius 3 is 3.00 bits per heavy atom. The van der Waals surface area contributed by atoms with E-state index in [-0.39, 0.29) is 0 Å². The van der Waals surface area contributed by atoms with Gasteiger partial charge in [-0.05, 0) is 13.8 Å². The zero-order valence-corrected chi connectivity index (χ0v) is 9.97. The van der Waals surface area contributed by atoms with E-state index in [1.54, 1.807) is 18.4 Å². The highest BCUT2D eigenvalue weighted by Gasteiger charge is 2.30. The monoisotopic (exact) mass is 225 g/mol. The van der Waals surface area contributed by atoms with Gasteiger partial charge in [-0.2, -0.15) is 0 Å². The molecule has 0 radical (unpaired) electrons. The molecule has 0 saturated carbocycles. The molecule has 5 heteroatoms. The zero-order chi connectivity index (χ0) is 11.1. The molecule has 1 unspecified atom stereocenters. The fourth-order valence-electron chi connectivity index (χ4n) is 1.81. The number of ether oxygens (including phenoxy) is 1. The summed E-state index contributed by atoms with van der Waals surface area (Å²) in [5.74, 6) is 0. The Morgan fingerprint density at radius 1 is 1.67 bits per heavy atom. The Hall–Kier alpha value is -0.910. The first-order valence-electron chi connectivity index (χ1n) is 4.80. The number of hydrogen-bond acceptors (Lipinski definition) is 4. The van der Waals surface area contributed by atoms with Gasteiger partial charge >= 0.3 is 0 Å². The highest BCUT2D eigenvalue weighted by molar-refractivity contribution is 7.15. The third kappa shape index (κ3) is 1.47. The van der Waals surface area contributed by atoms with E-state index in [2.05, 4.69) is 9.38 Å². The summed E-state index contributed by atoms with van der Waals surface area (Å²) in [6, 6.07) is 0. The molecule has 0 aliphatic carbocycles. The quantitative estimate of drug-likeness (QED) is 0.861. The first-order chi connectivity index (χ1) is 7.12. The third-order valence-electron chi connectivity index (χ3n) is 2.78. The lowest BCUT2D eigenvalue weighted by Gasteiger charge is -2.26. The molecule has 2 rings (SSSR count). The second-order valence-electron chi connectivity index (χ2n) is 3.74. The Kier molecular flexibility index (Phi) is 2.54. The Balaban J connectivity index is 2.67. The van der Waals surface area contributed by atoms with Crippen LogP contribution in [-0.2, 0) is 10.3 Å². The van der Waals surface area contributed by atoms with Crippen molar-refractivity contribution >= 4 is 16.3 Å². The standard InChI is InChI=1S/C10H15N3OS/c1-7-8(10(2,6-11)14-3)13-4-5-15-9(13)12-7/h4-5H,6,11H2,1-3H3. The fraction of sp³-hybridized carbons (Fsp3) is 0.500. The van der Waals surface area contributed by atoms with Gasteiger partial charge in [0.25, 0.3) is 0 Å². The van der Waals surface area contributed by atoms with Crippen LogP contribution in [-0.4, -0.2) is 23.0 Å². The topological polar surface area (TPSA) is 52.5 Å². The van der Waals surface area contributed by atoms with Crippen molar-refractivity contribution in [1.29, 1.82) is 0 Å². The van der Waals surface area contributed by atoms with Crippen molar-refractivity contribution in [2.75, 3.05) is 13.7 Å². The van der Waals surface area contributed by atoms with Crippen LogP contribution in [0.1, 0.15) is 18.3 Å². The molecule has 2 aromatic heterocycles. The molecule has 15 heavy (non-hydrogen) atoms. The summed E-state index contributed by atoms with van der Waals surface area (Å²) in [5, 5.41) is 2.01. The number of imidazole rings is 1. The second-order valence-corrected chi connectivity index (χ2v) is 4.61. The molecule has 0 amide bonds. The predicted octanol–water partition coefficient (Wildman–Crippen LogP) is 1.52. The number of rotatable bonds is 3. The first kappa shape index (κ1) is 10.6. The summed E-state index contributed by atoms with van der Waals surface area (Å²) in [5.41, 5.74) is 7.34. The van der Waals surface area contributed by atoms with Crippen LogP contribution in [0.25, 0.3) is 4.96 Å². The molecule has 2 N–H and O–H groups in total. The van der Waals surface area contributed by atoms with Gasteiger partial charge in [0.05, 0.1) is 11.4 Å². The lowest BCUT2D eigenvalue weighted by Crippen LogP contribution is -2.35. The van der Waals surface area contributed by atoms with Gasteiger partial charge in [-0.25, -0.2) is 4.98 Å². The van der Waals surface area contributed by atoms with Gasteiger partial charge in [0, 0.05) is 25.2 Å². The normalized spacial score (nSPS) is 15.7. The Bertz CT molecular complexity index is 470. The van der Waals surface area contributed by atoms with E-state index in [0.29, 0.717) is 6.54 Å². The first-order valence-corrected chi connectivity index (χ1v) is 5.68. The van der Waals surface area contributed by atoms with Gasteiger partial charge in [0.2, 0.25) is 0 Å². The van der Waals surface area contributed by atoms with Crippen molar-refractivity contribution < 1.29 is 4.74 Å². The van der Waals surface area contributed by atoms with E-state index in [9.17, 15) is 0 Å². The molecular formula is C10H15N3OS. The molecule has 1 atom stereocenters. The lowest BCUT2D eigenvalue weighted by molar-refractivity contribution is 0.00521. The van der Waals surface area contributed by atoms with Crippen LogP contribution in [0.4, 0.5) is 0 Å². The summed E-state index contributed by atoms with van der Waals surface area (Å²) in [7, 11) is 1.68. The Labute approximate surface area is 92.7 Å². The van der Waals surface area contributed by atoms with Crippen LogP contribution in [0.2, 0.25) is 0 Å². The molecule has 0 aliphatic heterocycles. The highest BCUT2D eigenvalue weighted by Crippen LogP contribution is 2.28. The number of aryl methyl sites for hydroxylation is 1. The minimum Gasteiger partial charge on any atom is -0.371 e. The molecule has 4 nitrogen and oxygen atoms in total. The van der Waals surface area contributed by atoms with Gasteiger partial charge in [-0.1, -0.05) is 0 Å². The van der Waals surface area contributed by atoms with Crippen molar-refractivity contribution in [3.63, 3.8) is 0 Å². The predicted molar refractivity (Wildman–Crippen MR) is 61.2 cm³/mol. The summed E-state index contributed by atoms with van der Waals surface area (Å²) in [6.45, 7) is 4.41. The van der Waals surface area contributed by atoms with E-state index in [4.69, 9.17) is 10.5 Å². The van der Waals surface area contributed by atoms with Crippen molar-refractivity contribution in [1.82, 2.24) is 9.38 Å². The van der Waals surface area contributed by atoms with E-state index < -0.39 is 5.60 Å². The van der Waals surface area contributed by atoms with Crippen LogP contribution in [0.5, 0.6) is 0 Å². The maximum atomic E-state index is 5.77. The molecular weight excluding hydrogens is 210 g/mol. The second kappa shape index (κ2) is 3.59. The summed E-state index contributed by atoms with van der Waals surface area (Å²) >= 11 is 1.61. The number of thiazole rings is 1. The Morgan fingerprint density at radius 2 is 2.40 bits per heavy atom. The number of aromatic nitrogens is 2. The SMILES string of the molecule is COC(C)(CN)c1c(C)nc2sccn12. The smallest absolute Gasteiger partial charge is 0.194 e. The van der Waals surface area contributed by atoms with Gasteiger partial charge < -0.3 is 10.5 Å². The highest BCUT2D eigenvalue weighted by atomic mass is 32.1. The number of nitrogens with two attached hydrogens (primary N) is 1. The minimum atomic E-state index is -0.468. The van der Waals surface area contributed by atoms with Crippen molar-refractivity contribution in [2.24, 2.45) is 5.73 Å². The number of nitrogens with zero attached hydrogens (tertiary/aromatic N) is 2. The van der Waals surface area contributed by atoms with Crippen molar-refractivity contribution in [2.45, 2.75) is 19.4 Å². The molecule has 0 spiro atoms. The lowest BCUT2D eigenvalue weighted by atomic mass is 10.0. The van der Waals surface area contributed by atoms with Crippen LogP contribution >= 0.6 is 11.3 Å². The average Bonchev–Trinajstić information content (AvgIpc) is 2.76. The van der Waals surface area contributed by atoms with Crippen molar-refractivity contribution in [3.05, 3.63) is 23.0 Å². The van der Waals surface area contributed by atoms with Gasteiger partial charge in [0.15, 0.2) is 4.96 Å². The number of hydrogen-bond donors (Lipinski definition) is 1. The zero-order valence-electron chi connectivity index (χ0n) is 9.15. The molecule has 0 aromatic carbocycles. The number of fused-ring (bicyclic) bond motifs is 1. The van der Waals surface area contributed by atoms with E-state index in [1.165, 1.54) is 0 Å². The van der Waals surface area contributed by atoms with Crippen LogP contribution in [0.15, 0.2) is 11.6 Å². The molecule has 2 aromatic rings. The van der Waals surface area contributed by atoms with Crippen molar-refractivity contribution in [3.8, 4) is 0 Å². The van der Waals surface area contributed by atoms with Crippen LogP contribution in [0.3, 0.4) is 0 Å². The maximum absolute atomic E-state index is 5.77. The molecule has 0 saturated heterocycles.